The molecule has 1 N–H and O–H groups in total. The molecule has 0 saturated heterocycles. The van der Waals surface area contributed by atoms with Crippen LogP contribution in [0.2, 0.25) is 0 Å². The van der Waals surface area contributed by atoms with Crippen LogP contribution in [0.25, 0.3) is 0 Å². The normalized spacial score (nSPS) is 12.2. The lowest BCUT2D eigenvalue weighted by molar-refractivity contribution is -0.121. The van der Waals surface area contributed by atoms with Gasteiger partial charge in [-0.1, -0.05) is 60.2 Å². The summed E-state index contributed by atoms with van der Waals surface area (Å²) in [6.45, 7) is 2.70. The van der Waals surface area contributed by atoms with E-state index < -0.39 is 0 Å². The van der Waals surface area contributed by atoms with Crippen molar-refractivity contribution in [1.82, 2.24) is 10.2 Å². The maximum atomic E-state index is 12.1. The molecule has 1 amide bonds. The van der Waals surface area contributed by atoms with E-state index in [0.717, 1.165) is 6.42 Å². The Bertz CT molecular complexity index is 623. The van der Waals surface area contributed by atoms with Crippen LogP contribution in [0.15, 0.2) is 54.6 Å². The van der Waals surface area contributed by atoms with E-state index in [0.29, 0.717) is 13.0 Å². The fourth-order valence-electron chi connectivity index (χ4n) is 2.70. The first-order chi connectivity index (χ1) is 11.1. The Balaban J connectivity index is 1.85. The molecule has 0 radical (unpaired) electrons. The Hall–Kier alpha value is -2.13. The summed E-state index contributed by atoms with van der Waals surface area (Å²) in [5, 5.41) is 3.07. The highest BCUT2D eigenvalue weighted by Crippen LogP contribution is 2.16. The van der Waals surface area contributed by atoms with E-state index in [9.17, 15) is 4.79 Å². The average molecular weight is 310 g/mol. The van der Waals surface area contributed by atoms with Crippen molar-refractivity contribution >= 4 is 5.91 Å². The number of likely N-dealkylation sites (N-methyl/N-ethyl adjacent to an activating group) is 1. The first-order valence-electron chi connectivity index (χ1n) is 8.10. The van der Waals surface area contributed by atoms with Gasteiger partial charge in [0.05, 0.1) is 6.04 Å². The molecule has 0 aliphatic rings. The van der Waals surface area contributed by atoms with Crippen LogP contribution in [0.5, 0.6) is 0 Å². The molecule has 3 heteroatoms. The van der Waals surface area contributed by atoms with Crippen molar-refractivity contribution < 1.29 is 4.79 Å². The largest absolute Gasteiger partial charge is 0.354 e. The summed E-state index contributed by atoms with van der Waals surface area (Å²) in [5.41, 5.74) is 3.67. The zero-order chi connectivity index (χ0) is 16.7. The molecule has 0 unspecified atom stereocenters. The lowest BCUT2D eigenvalue weighted by Crippen LogP contribution is -2.34. The number of hydrogen-bond donors (Lipinski definition) is 1. The number of aryl methyl sites for hydroxylation is 2. The zero-order valence-corrected chi connectivity index (χ0v) is 14.3. The Morgan fingerprint density at radius 2 is 1.83 bits per heavy atom. The fraction of sp³-hybridized carbons (Fsp3) is 0.350. The molecule has 122 valence electrons. The minimum atomic E-state index is 0.106. The van der Waals surface area contributed by atoms with Crippen LogP contribution < -0.4 is 5.32 Å². The number of benzene rings is 2. The van der Waals surface area contributed by atoms with E-state index in [1.807, 2.05) is 38.4 Å². The van der Waals surface area contributed by atoms with E-state index in [4.69, 9.17) is 0 Å². The van der Waals surface area contributed by atoms with Crippen molar-refractivity contribution in [2.24, 2.45) is 0 Å². The molecule has 2 aromatic rings. The van der Waals surface area contributed by atoms with Crippen molar-refractivity contribution in [2.45, 2.75) is 25.8 Å². The summed E-state index contributed by atoms with van der Waals surface area (Å²) in [6.07, 6.45) is 1.31. The van der Waals surface area contributed by atoms with Crippen molar-refractivity contribution in [3.05, 3.63) is 71.3 Å². The first kappa shape index (κ1) is 17.2. The molecule has 2 aromatic carbocycles. The van der Waals surface area contributed by atoms with Gasteiger partial charge in [-0.3, -0.25) is 4.79 Å². The van der Waals surface area contributed by atoms with Crippen LogP contribution >= 0.6 is 0 Å². The summed E-state index contributed by atoms with van der Waals surface area (Å²) in [6, 6.07) is 18.8. The molecule has 0 bridgehead atoms. The summed E-state index contributed by atoms with van der Waals surface area (Å²) < 4.78 is 0. The molecule has 2 rings (SSSR count). The van der Waals surface area contributed by atoms with Crippen molar-refractivity contribution in [1.29, 1.82) is 0 Å². The average Bonchev–Trinajstić information content (AvgIpc) is 2.54. The molecular weight excluding hydrogens is 284 g/mol. The van der Waals surface area contributed by atoms with Crippen molar-refractivity contribution in [3.63, 3.8) is 0 Å². The lowest BCUT2D eigenvalue weighted by Gasteiger charge is -2.25. The highest BCUT2D eigenvalue weighted by molar-refractivity contribution is 5.76. The van der Waals surface area contributed by atoms with Crippen molar-refractivity contribution in [2.75, 3.05) is 20.6 Å². The summed E-state index contributed by atoms with van der Waals surface area (Å²) in [7, 11) is 4.08. The molecule has 3 nitrogen and oxygen atoms in total. The maximum Gasteiger partial charge on any atom is 0.220 e. The molecule has 0 aliphatic heterocycles. The van der Waals surface area contributed by atoms with Gasteiger partial charge in [0, 0.05) is 13.0 Å². The Labute approximate surface area is 139 Å². The van der Waals surface area contributed by atoms with Gasteiger partial charge in [0.1, 0.15) is 0 Å². The third-order valence-electron chi connectivity index (χ3n) is 4.02. The van der Waals surface area contributed by atoms with E-state index >= 15 is 0 Å². The summed E-state index contributed by atoms with van der Waals surface area (Å²) >= 11 is 0. The number of carbonyl (C=O) groups is 1. The molecule has 0 spiro atoms. The van der Waals surface area contributed by atoms with Crippen LogP contribution in [-0.2, 0) is 11.2 Å². The Morgan fingerprint density at radius 1 is 1.09 bits per heavy atom. The molecule has 23 heavy (non-hydrogen) atoms. The van der Waals surface area contributed by atoms with Crippen molar-refractivity contribution in [3.8, 4) is 0 Å². The fourth-order valence-corrected chi connectivity index (χ4v) is 2.70. The van der Waals surface area contributed by atoms with Gasteiger partial charge in [0.2, 0.25) is 5.91 Å². The maximum absolute atomic E-state index is 12.1. The number of amides is 1. The molecule has 1 atom stereocenters. The number of nitrogens with zero attached hydrogens (tertiary/aromatic N) is 1. The molecule has 0 aromatic heterocycles. The second kappa shape index (κ2) is 8.49. The van der Waals surface area contributed by atoms with Crippen LogP contribution in [-0.4, -0.2) is 31.4 Å². The monoisotopic (exact) mass is 310 g/mol. The van der Waals surface area contributed by atoms with Crippen LogP contribution in [0.3, 0.4) is 0 Å². The summed E-state index contributed by atoms with van der Waals surface area (Å²) in [5.74, 6) is 0.106. The topological polar surface area (TPSA) is 32.3 Å². The van der Waals surface area contributed by atoms with E-state index in [1.54, 1.807) is 0 Å². The number of nitrogens with one attached hydrogen (secondary N) is 1. The highest BCUT2D eigenvalue weighted by Gasteiger charge is 2.14. The Morgan fingerprint density at radius 3 is 2.48 bits per heavy atom. The predicted octanol–water partition coefficient (Wildman–Crippen LogP) is 3.35. The SMILES string of the molecule is Cc1cccc(CCC(=O)NC[C@@H](c2ccccc2)N(C)C)c1. The van der Waals surface area contributed by atoms with Gasteiger partial charge in [-0.2, -0.15) is 0 Å². The van der Waals surface area contributed by atoms with Gasteiger partial charge in [0.15, 0.2) is 0 Å². The van der Waals surface area contributed by atoms with Crippen LogP contribution in [0.1, 0.15) is 29.2 Å². The zero-order valence-electron chi connectivity index (χ0n) is 14.3. The number of rotatable bonds is 7. The quantitative estimate of drug-likeness (QED) is 0.850. The standard InChI is InChI=1S/C20H26N2O/c1-16-8-7-9-17(14-16)12-13-20(23)21-15-19(22(2)3)18-10-5-4-6-11-18/h4-11,14,19H,12-13,15H2,1-3H3,(H,21,23)/t19-/m0/s1. The lowest BCUT2D eigenvalue weighted by atomic mass is 10.1. The van der Waals surface area contributed by atoms with Crippen LogP contribution in [0.4, 0.5) is 0 Å². The second-order valence-corrected chi connectivity index (χ2v) is 6.18. The second-order valence-electron chi connectivity index (χ2n) is 6.18. The van der Waals surface area contributed by atoms with Gasteiger partial charge in [0.25, 0.3) is 0 Å². The van der Waals surface area contributed by atoms with Gasteiger partial charge >= 0.3 is 0 Å². The molecule has 0 heterocycles. The third kappa shape index (κ3) is 5.53. The van der Waals surface area contributed by atoms with Gasteiger partial charge in [-0.05, 0) is 38.6 Å². The highest BCUT2D eigenvalue weighted by atomic mass is 16.1. The smallest absolute Gasteiger partial charge is 0.220 e. The van der Waals surface area contributed by atoms with E-state index in [1.165, 1.54) is 16.7 Å². The minimum absolute atomic E-state index is 0.106. The van der Waals surface area contributed by atoms with E-state index in [-0.39, 0.29) is 11.9 Å². The van der Waals surface area contributed by atoms with Gasteiger partial charge in [-0.25, -0.2) is 0 Å². The summed E-state index contributed by atoms with van der Waals surface area (Å²) in [4.78, 5) is 14.3. The predicted molar refractivity (Wildman–Crippen MR) is 95.4 cm³/mol. The molecule has 0 aliphatic carbocycles. The van der Waals surface area contributed by atoms with E-state index in [2.05, 4.69) is 47.5 Å². The Kier molecular flexibility index (Phi) is 6.36. The number of carbonyl (C=O) groups excluding carboxylic acids is 1. The van der Waals surface area contributed by atoms with Crippen LogP contribution in [0, 0.1) is 6.92 Å². The first-order valence-corrected chi connectivity index (χ1v) is 8.10. The molecule has 0 fully saturated rings. The third-order valence-corrected chi connectivity index (χ3v) is 4.02. The van der Waals surface area contributed by atoms with Gasteiger partial charge in [-0.15, -0.1) is 0 Å². The van der Waals surface area contributed by atoms with Gasteiger partial charge < -0.3 is 10.2 Å². The minimum Gasteiger partial charge on any atom is -0.354 e. The molecule has 0 saturated carbocycles. The molecular formula is C20H26N2O. The number of hydrogen-bond acceptors (Lipinski definition) is 2.